The van der Waals surface area contributed by atoms with Crippen molar-refractivity contribution >= 4 is 40.2 Å². The Morgan fingerprint density at radius 3 is 2.81 bits per heavy atom. The minimum Gasteiger partial charge on any atom is -0.289 e. The molecule has 6 nitrogen and oxygen atoms in total. The van der Waals surface area contributed by atoms with Crippen LogP contribution in [0.15, 0.2) is 26.9 Å². The van der Waals surface area contributed by atoms with E-state index in [2.05, 4.69) is 27.8 Å². The summed E-state index contributed by atoms with van der Waals surface area (Å²) in [6.45, 7) is 4.34. The lowest BCUT2D eigenvalue weighted by atomic mass is 10.2. The molecular formula is C12H17ClN4O2S2. The maximum absolute atomic E-state index is 12.5. The van der Waals surface area contributed by atoms with Crippen molar-refractivity contribution in [3.63, 3.8) is 0 Å². The fourth-order valence-corrected chi connectivity index (χ4v) is 3.93. The first-order chi connectivity index (χ1) is 9.69. The molecule has 2 rings (SSSR count). The molecule has 0 radical (unpaired) electrons. The molecule has 1 aromatic carbocycles. The summed E-state index contributed by atoms with van der Waals surface area (Å²) in [5, 5.41) is 2.24. The molecule has 116 valence electrons. The lowest BCUT2D eigenvalue weighted by Crippen LogP contribution is -2.53. The van der Waals surface area contributed by atoms with Crippen LogP contribution in [0.1, 0.15) is 12.5 Å². The van der Waals surface area contributed by atoms with Gasteiger partial charge in [-0.2, -0.15) is 0 Å². The van der Waals surface area contributed by atoms with Crippen LogP contribution in [0, 0.1) is 6.92 Å². The van der Waals surface area contributed by atoms with E-state index in [9.17, 15) is 8.42 Å². The fraction of sp³-hybridized carbons (Fsp3) is 0.417. The van der Waals surface area contributed by atoms with Crippen molar-refractivity contribution < 1.29 is 8.42 Å². The van der Waals surface area contributed by atoms with Gasteiger partial charge in [0.1, 0.15) is 4.90 Å². The minimum absolute atomic E-state index is 0.00336. The number of rotatable bonds is 2. The smallest absolute Gasteiger partial charge is 0.265 e. The molecule has 1 unspecified atom stereocenters. The van der Waals surface area contributed by atoms with E-state index in [0.29, 0.717) is 17.1 Å². The van der Waals surface area contributed by atoms with Crippen LogP contribution in [0.3, 0.4) is 0 Å². The molecular weight excluding hydrogens is 332 g/mol. The molecule has 2 N–H and O–H groups in total. The Morgan fingerprint density at radius 1 is 1.52 bits per heavy atom. The Kier molecular flexibility index (Phi) is 4.72. The van der Waals surface area contributed by atoms with Crippen LogP contribution in [0.5, 0.6) is 0 Å². The lowest BCUT2D eigenvalue weighted by molar-refractivity contribution is 0.258. The van der Waals surface area contributed by atoms with E-state index in [-0.39, 0.29) is 21.8 Å². The molecule has 1 atom stereocenters. The van der Waals surface area contributed by atoms with E-state index in [0.717, 1.165) is 0 Å². The first-order valence-corrected chi connectivity index (χ1v) is 8.57. The first kappa shape index (κ1) is 16.4. The van der Waals surface area contributed by atoms with E-state index in [1.165, 1.54) is 12.1 Å². The zero-order chi connectivity index (χ0) is 15.8. The van der Waals surface area contributed by atoms with Gasteiger partial charge in [-0.05, 0) is 31.5 Å². The lowest BCUT2D eigenvalue weighted by Gasteiger charge is -2.28. The van der Waals surface area contributed by atoms with Gasteiger partial charge in [0.25, 0.3) is 10.0 Å². The Morgan fingerprint density at radius 2 is 2.19 bits per heavy atom. The molecule has 0 aliphatic carbocycles. The van der Waals surface area contributed by atoms with Crippen molar-refractivity contribution in [2.24, 2.45) is 4.99 Å². The largest absolute Gasteiger partial charge is 0.289 e. The number of hydrazine groups is 1. The van der Waals surface area contributed by atoms with Gasteiger partial charge >= 0.3 is 0 Å². The summed E-state index contributed by atoms with van der Waals surface area (Å²) < 4.78 is 27.3. The molecule has 0 saturated heterocycles. The monoisotopic (exact) mass is 348 g/mol. The normalized spacial score (nSPS) is 19.9. The highest BCUT2D eigenvalue weighted by Gasteiger charge is 2.23. The van der Waals surface area contributed by atoms with Gasteiger partial charge in [-0.15, -0.1) is 12.6 Å². The predicted molar refractivity (Wildman–Crippen MR) is 86.4 cm³/mol. The van der Waals surface area contributed by atoms with Crippen molar-refractivity contribution in [2.45, 2.75) is 29.7 Å². The molecule has 0 spiro atoms. The van der Waals surface area contributed by atoms with Crippen LogP contribution in [-0.4, -0.2) is 39.0 Å². The molecule has 1 aliphatic heterocycles. The van der Waals surface area contributed by atoms with E-state index >= 15 is 0 Å². The van der Waals surface area contributed by atoms with Crippen molar-refractivity contribution in [1.29, 1.82) is 0 Å². The van der Waals surface area contributed by atoms with E-state index in [4.69, 9.17) is 11.6 Å². The Labute approximate surface area is 135 Å². The van der Waals surface area contributed by atoms with Gasteiger partial charge in [0.05, 0.1) is 6.04 Å². The average molecular weight is 349 g/mol. The number of guanidine groups is 1. The minimum atomic E-state index is -3.78. The van der Waals surface area contributed by atoms with E-state index < -0.39 is 10.0 Å². The zero-order valence-electron chi connectivity index (χ0n) is 11.9. The maximum atomic E-state index is 12.5. The number of benzene rings is 1. The molecule has 9 heteroatoms. The number of hydrogen-bond donors (Lipinski definition) is 3. The number of nitrogens with one attached hydrogen (secondary N) is 2. The third-order valence-electron chi connectivity index (χ3n) is 2.95. The summed E-state index contributed by atoms with van der Waals surface area (Å²) in [5.74, 6) is 0.191. The molecule has 0 bridgehead atoms. The second-order valence-corrected chi connectivity index (χ2v) is 7.53. The summed E-state index contributed by atoms with van der Waals surface area (Å²) in [7, 11) is -1.97. The van der Waals surface area contributed by atoms with Crippen molar-refractivity contribution in [3.8, 4) is 0 Å². The third kappa shape index (κ3) is 3.82. The number of halogens is 1. The molecule has 21 heavy (non-hydrogen) atoms. The molecule has 0 saturated carbocycles. The number of thiol groups is 1. The SMILES string of the molecule is Cc1cc(S(=O)(=O)NC2=NC(C)CN(C)N2)c(S)cc1Cl. The van der Waals surface area contributed by atoms with Gasteiger partial charge in [0.15, 0.2) is 0 Å². The van der Waals surface area contributed by atoms with Gasteiger partial charge in [-0.25, -0.2) is 23.1 Å². The number of nitrogens with zero attached hydrogens (tertiary/aromatic N) is 2. The molecule has 0 fully saturated rings. The molecule has 0 amide bonds. The van der Waals surface area contributed by atoms with Crippen LogP contribution in [-0.2, 0) is 10.0 Å². The average Bonchev–Trinajstić information content (AvgIpc) is 2.31. The summed E-state index contributed by atoms with van der Waals surface area (Å²) in [5.41, 5.74) is 3.53. The molecule has 0 aromatic heterocycles. The van der Waals surface area contributed by atoms with Crippen LogP contribution >= 0.6 is 24.2 Å². The second kappa shape index (κ2) is 6.04. The summed E-state index contributed by atoms with van der Waals surface area (Å²) in [6.07, 6.45) is 0. The molecule has 1 aliphatic rings. The topological polar surface area (TPSA) is 73.8 Å². The van der Waals surface area contributed by atoms with Gasteiger partial charge in [-0.3, -0.25) is 5.43 Å². The number of sulfonamides is 1. The Bertz CT molecular complexity index is 691. The van der Waals surface area contributed by atoms with Gasteiger partial charge < -0.3 is 0 Å². The van der Waals surface area contributed by atoms with E-state index in [1.54, 1.807) is 11.9 Å². The summed E-state index contributed by atoms with van der Waals surface area (Å²) in [6, 6.07) is 3.00. The Hall–Kier alpha value is -0.960. The highest BCUT2D eigenvalue weighted by atomic mass is 35.5. The van der Waals surface area contributed by atoms with Crippen molar-refractivity contribution in [2.75, 3.05) is 13.6 Å². The van der Waals surface area contributed by atoms with Crippen LogP contribution in [0.2, 0.25) is 5.02 Å². The highest BCUT2D eigenvalue weighted by Crippen LogP contribution is 2.26. The summed E-state index contributed by atoms with van der Waals surface area (Å²) in [4.78, 5) is 4.59. The maximum Gasteiger partial charge on any atom is 0.265 e. The first-order valence-electron chi connectivity index (χ1n) is 6.26. The summed E-state index contributed by atoms with van der Waals surface area (Å²) >= 11 is 10.1. The highest BCUT2D eigenvalue weighted by molar-refractivity contribution is 7.91. The van der Waals surface area contributed by atoms with E-state index in [1.807, 2.05) is 14.0 Å². The van der Waals surface area contributed by atoms with Gasteiger partial charge in [0, 0.05) is 23.5 Å². The third-order valence-corrected chi connectivity index (χ3v) is 5.25. The second-order valence-electron chi connectivity index (χ2n) is 4.99. The Balaban J connectivity index is 2.33. The number of hydrogen-bond acceptors (Lipinski definition) is 6. The van der Waals surface area contributed by atoms with Crippen LogP contribution < -0.4 is 10.1 Å². The van der Waals surface area contributed by atoms with Gasteiger partial charge in [0.2, 0.25) is 5.96 Å². The van der Waals surface area contributed by atoms with Crippen LogP contribution in [0.25, 0.3) is 0 Å². The quantitative estimate of drug-likeness (QED) is 0.706. The number of aliphatic imine (C=N–C) groups is 1. The van der Waals surface area contributed by atoms with Crippen molar-refractivity contribution in [1.82, 2.24) is 15.2 Å². The zero-order valence-corrected chi connectivity index (χ0v) is 14.4. The molecule has 1 heterocycles. The standard InChI is InChI=1S/C12H17ClN4O2S2/c1-7-4-11(10(20)5-9(7)13)21(18,19)16-12-14-8(2)6-17(3)15-12/h4-5,8,20H,6H2,1-3H3,(H2,14,15,16). The van der Waals surface area contributed by atoms with Crippen LogP contribution in [0.4, 0.5) is 0 Å². The molecule has 1 aromatic rings. The van der Waals surface area contributed by atoms with Gasteiger partial charge in [-0.1, -0.05) is 11.6 Å². The number of aryl methyl sites for hydroxylation is 1. The number of likely N-dealkylation sites (N-methyl/N-ethyl adjacent to an activating group) is 1. The van der Waals surface area contributed by atoms with Crippen molar-refractivity contribution in [3.05, 3.63) is 22.7 Å². The predicted octanol–water partition coefficient (Wildman–Crippen LogP) is 1.41. The fourth-order valence-electron chi connectivity index (χ4n) is 2.00.